The van der Waals surface area contributed by atoms with Crippen LogP contribution in [0.4, 0.5) is 0 Å². The largest absolute Gasteiger partial charge is 0.478 e. The molecule has 1 aliphatic heterocycles. The molecule has 2 N–H and O–H groups in total. The van der Waals surface area contributed by atoms with Gasteiger partial charge in [-0.3, -0.25) is 9.59 Å². The molecular weight excluding hydrogens is 278 g/mol. The summed E-state index contributed by atoms with van der Waals surface area (Å²) < 4.78 is 5.12. The Morgan fingerprint density at radius 3 is 1.95 bits per heavy atom. The van der Waals surface area contributed by atoms with E-state index in [0.29, 0.717) is 11.1 Å². The van der Waals surface area contributed by atoms with Crippen LogP contribution >= 0.6 is 0 Å². The third-order valence-corrected chi connectivity index (χ3v) is 2.82. The smallest absolute Gasteiger partial charge is 0.330 e. The summed E-state index contributed by atoms with van der Waals surface area (Å²) in [6, 6.07) is 0. The second-order valence-electron chi connectivity index (χ2n) is 4.51. The van der Waals surface area contributed by atoms with Crippen LogP contribution in [0.2, 0.25) is 0 Å². The summed E-state index contributed by atoms with van der Waals surface area (Å²) in [5.74, 6) is -1.57. The van der Waals surface area contributed by atoms with Gasteiger partial charge in [-0.05, 0) is 27.7 Å². The van der Waals surface area contributed by atoms with E-state index >= 15 is 0 Å². The highest BCUT2D eigenvalue weighted by atomic mass is 16.5. The zero-order chi connectivity index (χ0) is 16.7. The van der Waals surface area contributed by atoms with Crippen molar-refractivity contribution in [3.63, 3.8) is 0 Å². The first-order valence-corrected chi connectivity index (χ1v) is 6.31. The van der Waals surface area contributed by atoms with E-state index in [4.69, 9.17) is 14.9 Å². The number of hydrogen-bond donors (Lipinski definition) is 2. The van der Waals surface area contributed by atoms with Crippen molar-refractivity contribution in [2.75, 3.05) is 13.2 Å². The molecule has 0 fully saturated rings. The number of carbonyl (C=O) groups is 3. The molecule has 0 aromatic rings. The Kier molecular flexibility index (Phi) is 7.54. The summed E-state index contributed by atoms with van der Waals surface area (Å²) in [4.78, 5) is 33.9. The zero-order valence-electron chi connectivity index (χ0n) is 12.7. The van der Waals surface area contributed by atoms with E-state index in [1.54, 1.807) is 20.8 Å². The Bertz CT molecular complexity index is 444. The van der Waals surface area contributed by atoms with Crippen molar-refractivity contribution < 1.29 is 29.3 Å². The molecular formula is C14H21NO6. The van der Waals surface area contributed by atoms with E-state index in [-0.39, 0.29) is 30.6 Å². The molecule has 1 heterocycles. The third-order valence-electron chi connectivity index (χ3n) is 2.82. The number of carbonyl (C=O) groups excluding carboxylic acids is 2. The molecule has 0 saturated carbocycles. The SMILES string of the molecule is C=C(C)C(=O)O.CC1=C(C)C(=O)N(C(C)OCCO)C1=O. The predicted octanol–water partition coefficient (Wildman–Crippen LogP) is 0.694. The molecule has 1 atom stereocenters. The van der Waals surface area contributed by atoms with Crippen LogP contribution < -0.4 is 0 Å². The fourth-order valence-electron chi connectivity index (χ4n) is 1.40. The lowest BCUT2D eigenvalue weighted by Gasteiger charge is -2.22. The van der Waals surface area contributed by atoms with Gasteiger partial charge in [-0.2, -0.15) is 0 Å². The van der Waals surface area contributed by atoms with Crippen molar-refractivity contribution in [2.45, 2.75) is 33.9 Å². The number of aliphatic carboxylic acids is 1. The summed E-state index contributed by atoms with van der Waals surface area (Å²) in [6.45, 7) is 9.42. The summed E-state index contributed by atoms with van der Waals surface area (Å²) in [5.41, 5.74) is 1.09. The van der Waals surface area contributed by atoms with Crippen molar-refractivity contribution in [1.29, 1.82) is 0 Å². The highest BCUT2D eigenvalue weighted by Crippen LogP contribution is 2.22. The van der Waals surface area contributed by atoms with E-state index in [9.17, 15) is 14.4 Å². The second-order valence-corrected chi connectivity index (χ2v) is 4.51. The van der Waals surface area contributed by atoms with Crippen LogP contribution in [0.5, 0.6) is 0 Å². The number of nitrogens with zero attached hydrogens (tertiary/aromatic N) is 1. The summed E-state index contributed by atoms with van der Waals surface area (Å²) in [5, 5.41) is 16.5. The molecule has 1 unspecified atom stereocenters. The lowest BCUT2D eigenvalue weighted by atomic mass is 10.2. The van der Waals surface area contributed by atoms with Gasteiger partial charge in [0.1, 0.15) is 6.23 Å². The minimum Gasteiger partial charge on any atom is -0.478 e. The molecule has 21 heavy (non-hydrogen) atoms. The normalized spacial score (nSPS) is 15.8. The third kappa shape index (κ3) is 5.13. The van der Waals surface area contributed by atoms with E-state index in [1.807, 2.05) is 0 Å². The Balaban J connectivity index is 0.000000567. The van der Waals surface area contributed by atoms with Crippen molar-refractivity contribution in [1.82, 2.24) is 4.90 Å². The van der Waals surface area contributed by atoms with Crippen LogP contribution in [0.3, 0.4) is 0 Å². The molecule has 118 valence electrons. The first-order valence-electron chi connectivity index (χ1n) is 6.31. The number of carboxylic acids is 1. The molecule has 0 radical (unpaired) electrons. The fourth-order valence-corrected chi connectivity index (χ4v) is 1.40. The van der Waals surface area contributed by atoms with Crippen molar-refractivity contribution >= 4 is 17.8 Å². The molecule has 0 bridgehead atoms. The Labute approximate surface area is 123 Å². The van der Waals surface area contributed by atoms with Gasteiger partial charge >= 0.3 is 5.97 Å². The molecule has 0 spiro atoms. The number of carboxylic acid groups (broad SMARTS) is 1. The van der Waals surface area contributed by atoms with E-state index < -0.39 is 12.2 Å². The highest BCUT2D eigenvalue weighted by Gasteiger charge is 2.36. The maximum atomic E-state index is 11.6. The minimum absolute atomic E-state index is 0.107. The monoisotopic (exact) mass is 299 g/mol. The summed E-state index contributed by atoms with van der Waals surface area (Å²) >= 11 is 0. The minimum atomic E-state index is -0.935. The molecule has 0 aromatic carbocycles. The molecule has 0 saturated heterocycles. The van der Waals surface area contributed by atoms with E-state index in [1.165, 1.54) is 6.92 Å². The predicted molar refractivity (Wildman–Crippen MR) is 75.2 cm³/mol. The number of hydrogen-bond acceptors (Lipinski definition) is 5. The molecule has 1 rings (SSSR count). The van der Waals surface area contributed by atoms with E-state index in [0.717, 1.165) is 4.90 Å². The van der Waals surface area contributed by atoms with Crippen molar-refractivity contribution in [2.24, 2.45) is 0 Å². The molecule has 0 aromatic heterocycles. The van der Waals surface area contributed by atoms with Gasteiger partial charge in [-0.1, -0.05) is 6.58 Å². The number of amides is 2. The van der Waals surface area contributed by atoms with Gasteiger partial charge in [0.25, 0.3) is 11.8 Å². The van der Waals surface area contributed by atoms with Gasteiger partial charge in [-0.15, -0.1) is 0 Å². The molecule has 7 nitrogen and oxygen atoms in total. The lowest BCUT2D eigenvalue weighted by Crippen LogP contribution is -2.41. The molecule has 7 heteroatoms. The molecule has 2 amide bonds. The Hall–Kier alpha value is -1.99. The van der Waals surface area contributed by atoms with E-state index in [2.05, 4.69) is 6.58 Å². The number of aliphatic hydroxyl groups is 1. The zero-order valence-corrected chi connectivity index (χ0v) is 12.7. The maximum absolute atomic E-state index is 11.6. The lowest BCUT2D eigenvalue weighted by molar-refractivity contribution is -0.152. The Morgan fingerprint density at radius 2 is 1.67 bits per heavy atom. The van der Waals surface area contributed by atoms with Crippen molar-refractivity contribution in [3.8, 4) is 0 Å². The average molecular weight is 299 g/mol. The first-order chi connectivity index (χ1) is 9.64. The van der Waals surface area contributed by atoms with Crippen LogP contribution in [0, 0.1) is 0 Å². The maximum Gasteiger partial charge on any atom is 0.330 e. The number of imide groups is 1. The van der Waals surface area contributed by atoms with Gasteiger partial charge in [-0.25, -0.2) is 9.69 Å². The fraction of sp³-hybridized carbons (Fsp3) is 0.500. The number of aliphatic hydroxyl groups excluding tert-OH is 1. The quantitative estimate of drug-likeness (QED) is 0.572. The number of rotatable bonds is 5. The van der Waals surface area contributed by atoms with Gasteiger partial charge < -0.3 is 14.9 Å². The second kappa shape index (κ2) is 8.33. The average Bonchev–Trinajstić information content (AvgIpc) is 2.61. The van der Waals surface area contributed by atoms with Gasteiger partial charge in [0.15, 0.2) is 0 Å². The van der Waals surface area contributed by atoms with Crippen LogP contribution in [-0.4, -0.2) is 52.3 Å². The van der Waals surface area contributed by atoms with Gasteiger partial charge in [0, 0.05) is 16.7 Å². The van der Waals surface area contributed by atoms with Gasteiger partial charge in [0.2, 0.25) is 0 Å². The van der Waals surface area contributed by atoms with Crippen LogP contribution in [0.1, 0.15) is 27.7 Å². The Morgan fingerprint density at radius 1 is 1.29 bits per heavy atom. The van der Waals surface area contributed by atoms with Crippen LogP contribution in [-0.2, 0) is 19.1 Å². The first kappa shape index (κ1) is 19.0. The van der Waals surface area contributed by atoms with Crippen molar-refractivity contribution in [3.05, 3.63) is 23.3 Å². The molecule has 0 aliphatic carbocycles. The topological polar surface area (TPSA) is 104 Å². The van der Waals surface area contributed by atoms with Crippen LogP contribution in [0.15, 0.2) is 23.3 Å². The standard InChI is InChI=1S/C10H15NO4.C4H6O2/c1-6-7(2)10(14)11(9(6)13)8(3)15-5-4-12;1-3(2)4(5)6/h8,12H,4-5H2,1-3H3;1H2,2H3,(H,5,6). The number of ether oxygens (including phenoxy) is 1. The van der Waals surface area contributed by atoms with Gasteiger partial charge in [0.05, 0.1) is 13.2 Å². The summed E-state index contributed by atoms with van der Waals surface area (Å²) in [7, 11) is 0. The summed E-state index contributed by atoms with van der Waals surface area (Å²) in [6.07, 6.45) is -0.635. The van der Waals surface area contributed by atoms with Crippen LogP contribution in [0.25, 0.3) is 0 Å². The highest BCUT2D eigenvalue weighted by molar-refractivity contribution is 6.18. The molecule has 1 aliphatic rings.